The molecule has 0 bridgehead atoms. The van der Waals surface area contributed by atoms with E-state index in [1.165, 1.54) is 38.9 Å². The Balaban J connectivity index is 0.00000341. The normalized spacial score (nSPS) is 18.7. The number of aliphatic imine (C=N–C) groups is 1. The van der Waals surface area contributed by atoms with Crippen LogP contribution in [-0.2, 0) is 6.54 Å². The van der Waals surface area contributed by atoms with Gasteiger partial charge >= 0.3 is 6.61 Å². The van der Waals surface area contributed by atoms with Gasteiger partial charge in [0.2, 0.25) is 0 Å². The van der Waals surface area contributed by atoms with E-state index in [9.17, 15) is 8.78 Å². The van der Waals surface area contributed by atoms with Gasteiger partial charge in [-0.15, -0.1) is 24.0 Å². The first kappa shape index (κ1) is 25.9. The average Bonchev–Trinajstić information content (AvgIpc) is 3.28. The van der Waals surface area contributed by atoms with Gasteiger partial charge in [-0.1, -0.05) is 12.8 Å². The number of ether oxygens (including phenoxy) is 2. The monoisotopic (exact) mass is 552 g/mol. The molecule has 2 fully saturated rings. The van der Waals surface area contributed by atoms with Gasteiger partial charge in [0.15, 0.2) is 5.96 Å². The predicted molar refractivity (Wildman–Crippen MR) is 130 cm³/mol. The van der Waals surface area contributed by atoms with Crippen molar-refractivity contribution in [1.29, 1.82) is 0 Å². The van der Waals surface area contributed by atoms with Crippen molar-refractivity contribution in [3.63, 3.8) is 0 Å². The number of halogens is 3. The summed E-state index contributed by atoms with van der Waals surface area (Å²) in [5, 5.41) is 6.78. The second-order valence-corrected chi connectivity index (χ2v) is 7.94. The number of nitrogens with zero attached hydrogens (tertiary/aromatic N) is 2. The fraction of sp³-hybridized carbons (Fsp3) is 0.682. The average molecular weight is 552 g/mol. The maximum Gasteiger partial charge on any atom is 0.387 e. The molecule has 3 rings (SSSR count). The molecular formula is C22H35F2IN4O2. The molecule has 0 atom stereocenters. The molecular weight excluding hydrogens is 517 g/mol. The van der Waals surface area contributed by atoms with E-state index in [1.54, 1.807) is 12.1 Å². The Morgan fingerprint density at radius 2 is 1.90 bits per heavy atom. The lowest BCUT2D eigenvalue weighted by Gasteiger charge is -2.36. The van der Waals surface area contributed by atoms with Crippen LogP contribution >= 0.6 is 24.0 Å². The minimum absolute atomic E-state index is 0. The number of guanidine groups is 1. The number of methoxy groups -OCH3 is 1. The number of nitrogens with one attached hydrogen (secondary N) is 2. The van der Waals surface area contributed by atoms with Gasteiger partial charge in [-0.2, -0.15) is 8.78 Å². The van der Waals surface area contributed by atoms with Crippen molar-refractivity contribution in [1.82, 2.24) is 15.5 Å². The second-order valence-electron chi connectivity index (χ2n) is 7.94. The van der Waals surface area contributed by atoms with Crippen molar-refractivity contribution in [3.05, 3.63) is 23.8 Å². The molecule has 0 amide bonds. The van der Waals surface area contributed by atoms with Crippen LogP contribution in [0.4, 0.5) is 8.78 Å². The van der Waals surface area contributed by atoms with Crippen molar-refractivity contribution >= 4 is 29.9 Å². The Kier molecular flexibility index (Phi) is 11.1. The lowest BCUT2D eigenvalue weighted by molar-refractivity contribution is -0.0505. The maximum atomic E-state index is 12.8. The summed E-state index contributed by atoms with van der Waals surface area (Å²) in [4.78, 5) is 7.25. The molecule has 1 aliphatic heterocycles. The van der Waals surface area contributed by atoms with Gasteiger partial charge in [0.25, 0.3) is 0 Å². The van der Waals surface area contributed by atoms with Gasteiger partial charge in [-0.05, 0) is 44.7 Å². The molecule has 1 aromatic carbocycles. The van der Waals surface area contributed by atoms with Crippen LogP contribution in [0.5, 0.6) is 11.5 Å². The van der Waals surface area contributed by atoms with Crippen LogP contribution in [0.15, 0.2) is 23.2 Å². The summed E-state index contributed by atoms with van der Waals surface area (Å²) in [5.74, 6) is 1.27. The van der Waals surface area contributed by atoms with Crippen molar-refractivity contribution in [3.8, 4) is 11.5 Å². The summed E-state index contributed by atoms with van der Waals surface area (Å²) in [6.07, 6.45) is 7.58. The van der Waals surface area contributed by atoms with Gasteiger partial charge in [0.05, 0.1) is 13.7 Å². The lowest BCUT2D eigenvalue weighted by atomic mass is 10.0. The molecule has 1 saturated heterocycles. The second kappa shape index (κ2) is 13.2. The minimum Gasteiger partial charge on any atom is -0.497 e. The Bertz CT molecular complexity index is 694. The third-order valence-corrected chi connectivity index (χ3v) is 5.95. The molecule has 0 spiro atoms. The summed E-state index contributed by atoms with van der Waals surface area (Å²) >= 11 is 0. The first-order valence-corrected chi connectivity index (χ1v) is 11.0. The third kappa shape index (κ3) is 7.93. The molecule has 1 aliphatic carbocycles. The number of benzene rings is 1. The minimum atomic E-state index is -2.89. The fourth-order valence-corrected chi connectivity index (χ4v) is 4.35. The standard InChI is InChI=1S/C22H34F2N4O2.HI/c1-3-25-22(27-17-10-12-28(13-11-17)18-6-4-5-7-18)26-15-16-8-9-19(29-2)14-20(16)30-21(23)24;/h8-9,14,17-18,21H,3-7,10-13,15H2,1-2H3,(H2,25,26,27);1H. The van der Waals surface area contributed by atoms with Gasteiger partial charge in [-0.25, -0.2) is 4.99 Å². The summed E-state index contributed by atoms with van der Waals surface area (Å²) in [6.45, 7) is 2.33. The van der Waals surface area contributed by atoms with Crippen LogP contribution in [0.1, 0.15) is 51.0 Å². The van der Waals surface area contributed by atoms with Crippen LogP contribution in [-0.4, -0.2) is 56.3 Å². The van der Waals surface area contributed by atoms with Crippen molar-refractivity contribution in [2.45, 2.75) is 70.7 Å². The van der Waals surface area contributed by atoms with E-state index in [4.69, 9.17) is 4.74 Å². The molecule has 0 aromatic heterocycles. The smallest absolute Gasteiger partial charge is 0.387 e. The third-order valence-electron chi connectivity index (χ3n) is 5.95. The predicted octanol–water partition coefficient (Wildman–Crippen LogP) is 4.38. The van der Waals surface area contributed by atoms with Crippen molar-refractivity contribution in [2.24, 2.45) is 4.99 Å². The van der Waals surface area contributed by atoms with Gasteiger partial charge < -0.3 is 25.0 Å². The number of alkyl halides is 2. The van der Waals surface area contributed by atoms with Crippen molar-refractivity contribution in [2.75, 3.05) is 26.7 Å². The van der Waals surface area contributed by atoms with Crippen molar-refractivity contribution < 1.29 is 18.3 Å². The molecule has 0 radical (unpaired) electrons. The Labute approximate surface area is 201 Å². The SMILES string of the molecule is CCNC(=NCc1ccc(OC)cc1OC(F)F)NC1CCN(C2CCCC2)CC1.I. The zero-order valence-corrected chi connectivity index (χ0v) is 20.7. The largest absolute Gasteiger partial charge is 0.497 e. The molecule has 1 saturated carbocycles. The Morgan fingerprint density at radius 1 is 1.19 bits per heavy atom. The number of piperidine rings is 1. The van der Waals surface area contributed by atoms with E-state index in [0.717, 1.165) is 38.5 Å². The highest BCUT2D eigenvalue weighted by molar-refractivity contribution is 14.0. The van der Waals surface area contributed by atoms with Gasteiger partial charge in [0.1, 0.15) is 11.5 Å². The highest BCUT2D eigenvalue weighted by Gasteiger charge is 2.27. The summed E-state index contributed by atoms with van der Waals surface area (Å²) in [5.41, 5.74) is 0.587. The summed E-state index contributed by atoms with van der Waals surface area (Å²) < 4.78 is 35.3. The lowest BCUT2D eigenvalue weighted by Crippen LogP contribution is -2.50. The number of likely N-dealkylation sites (tertiary alicyclic amines) is 1. The van der Waals surface area contributed by atoms with E-state index in [2.05, 4.69) is 25.3 Å². The molecule has 1 aromatic rings. The molecule has 2 N–H and O–H groups in total. The van der Waals surface area contributed by atoms with Crippen LogP contribution < -0.4 is 20.1 Å². The molecule has 6 nitrogen and oxygen atoms in total. The number of rotatable bonds is 8. The van der Waals surface area contributed by atoms with Crippen LogP contribution in [0.25, 0.3) is 0 Å². The highest BCUT2D eigenvalue weighted by Crippen LogP contribution is 2.28. The first-order chi connectivity index (χ1) is 14.6. The molecule has 1 heterocycles. The maximum absolute atomic E-state index is 12.8. The van der Waals surface area contributed by atoms with E-state index in [-0.39, 0.29) is 36.3 Å². The zero-order valence-electron chi connectivity index (χ0n) is 18.4. The molecule has 176 valence electrons. The van der Waals surface area contributed by atoms with E-state index in [0.29, 0.717) is 23.3 Å². The number of hydrogen-bond donors (Lipinski definition) is 2. The van der Waals surface area contributed by atoms with Crippen LogP contribution in [0, 0.1) is 0 Å². The Hall–Kier alpha value is -1.36. The van der Waals surface area contributed by atoms with Crippen LogP contribution in [0.2, 0.25) is 0 Å². The zero-order chi connectivity index (χ0) is 21.3. The van der Waals surface area contributed by atoms with Gasteiger partial charge in [-0.3, -0.25) is 0 Å². The highest BCUT2D eigenvalue weighted by atomic mass is 127. The molecule has 31 heavy (non-hydrogen) atoms. The molecule has 9 heteroatoms. The van der Waals surface area contributed by atoms with E-state index >= 15 is 0 Å². The van der Waals surface area contributed by atoms with E-state index < -0.39 is 6.61 Å². The van der Waals surface area contributed by atoms with E-state index in [1.807, 2.05) is 6.92 Å². The Morgan fingerprint density at radius 3 is 2.52 bits per heavy atom. The summed E-state index contributed by atoms with van der Waals surface area (Å²) in [7, 11) is 1.49. The molecule has 0 unspecified atom stereocenters. The summed E-state index contributed by atoms with van der Waals surface area (Å²) in [6, 6.07) is 6.05. The fourth-order valence-electron chi connectivity index (χ4n) is 4.35. The topological polar surface area (TPSA) is 58.1 Å². The number of hydrogen-bond acceptors (Lipinski definition) is 4. The first-order valence-electron chi connectivity index (χ1n) is 11.0. The quantitative estimate of drug-likeness (QED) is 0.285. The van der Waals surface area contributed by atoms with Gasteiger partial charge in [0, 0.05) is 43.3 Å². The van der Waals surface area contributed by atoms with Crippen LogP contribution in [0.3, 0.4) is 0 Å². The molecule has 2 aliphatic rings.